The van der Waals surface area contributed by atoms with Gasteiger partial charge in [-0.05, 0) is 5.41 Å². The van der Waals surface area contributed by atoms with Gasteiger partial charge in [0.05, 0.1) is 13.3 Å². The maximum Gasteiger partial charge on any atom is 0.213 e. The van der Waals surface area contributed by atoms with Crippen LogP contribution in [0, 0.1) is 5.82 Å². The maximum atomic E-state index is 13.3. The third kappa shape index (κ3) is 2.17. The second-order valence-corrected chi connectivity index (χ2v) is 3.96. The van der Waals surface area contributed by atoms with Crippen LogP contribution < -0.4 is 4.74 Å². The average molecular weight is 183 g/mol. The molecule has 0 spiro atoms. The van der Waals surface area contributed by atoms with Gasteiger partial charge in [-0.1, -0.05) is 20.8 Å². The summed E-state index contributed by atoms with van der Waals surface area (Å²) < 4.78 is 18.2. The van der Waals surface area contributed by atoms with Gasteiger partial charge in [-0.2, -0.15) is 0 Å². The van der Waals surface area contributed by atoms with Crippen LogP contribution >= 0.6 is 0 Å². The smallest absolute Gasteiger partial charge is 0.213 e. The topological polar surface area (TPSA) is 22.1 Å². The standard InChI is InChI=1S/C10H14FNO/c1-10(2,3)7-5-9(13-4)12-6-8(7)11/h5-6H,1-4H3. The highest BCUT2D eigenvalue weighted by Crippen LogP contribution is 2.26. The minimum Gasteiger partial charge on any atom is -0.481 e. The number of pyridine rings is 1. The Morgan fingerprint density at radius 2 is 2.00 bits per heavy atom. The molecule has 0 N–H and O–H groups in total. The van der Waals surface area contributed by atoms with Crippen LogP contribution in [0.15, 0.2) is 12.3 Å². The third-order valence-electron chi connectivity index (χ3n) is 1.85. The van der Waals surface area contributed by atoms with Crippen molar-refractivity contribution in [2.45, 2.75) is 26.2 Å². The van der Waals surface area contributed by atoms with E-state index in [0.717, 1.165) is 0 Å². The zero-order chi connectivity index (χ0) is 10.1. The summed E-state index contributed by atoms with van der Waals surface area (Å²) in [5, 5.41) is 0. The molecule has 0 aliphatic heterocycles. The largest absolute Gasteiger partial charge is 0.481 e. The quantitative estimate of drug-likeness (QED) is 0.667. The number of hydrogen-bond acceptors (Lipinski definition) is 2. The summed E-state index contributed by atoms with van der Waals surface area (Å²) in [4.78, 5) is 3.77. The molecule has 0 bridgehead atoms. The number of rotatable bonds is 1. The lowest BCUT2D eigenvalue weighted by Crippen LogP contribution is -2.14. The molecular weight excluding hydrogens is 169 g/mol. The van der Waals surface area contributed by atoms with Crippen LogP contribution in [0.4, 0.5) is 4.39 Å². The third-order valence-corrected chi connectivity index (χ3v) is 1.85. The van der Waals surface area contributed by atoms with Crippen LogP contribution in [0.1, 0.15) is 26.3 Å². The van der Waals surface area contributed by atoms with E-state index in [9.17, 15) is 4.39 Å². The van der Waals surface area contributed by atoms with E-state index < -0.39 is 0 Å². The molecule has 0 saturated carbocycles. The maximum absolute atomic E-state index is 13.3. The fraction of sp³-hybridized carbons (Fsp3) is 0.500. The SMILES string of the molecule is COc1cc(C(C)(C)C)c(F)cn1. The Morgan fingerprint density at radius 3 is 2.46 bits per heavy atom. The lowest BCUT2D eigenvalue weighted by Gasteiger charge is -2.19. The van der Waals surface area contributed by atoms with E-state index in [4.69, 9.17) is 4.74 Å². The average Bonchev–Trinajstić information content (AvgIpc) is 2.03. The minimum atomic E-state index is -0.284. The first-order chi connectivity index (χ1) is 5.95. The van der Waals surface area contributed by atoms with Crippen molar-refractivity contribution in [3.8, 4) is 5.88 Å². The fourth-order valence-corrected chi connectivity index (χ4v) is 1.11. The number of hydrogen-bond donors (Lipinski definition) is 0. The molecular formula is C10H14FNO. The predicted octanol–water partition coefficient (Wildman–Crippen LogP) is 2.53. The van der Waals surface area contributed by atoms with Crippen LogP contribution in [0.5, 0.6) is 5.88 Å². The zero-order valence-electron chi connectivity index (χ0n) is 8.39. The zero-order valence-corrected chi connectivity index (χ0v) is 8.39. The molecule has 0 unspecified atom stereocenters. The second kappa shape index (κ2) is 3.32. The van der Waals surface area contributed by atoms with Crippen molar-refractivity contribution in [3.05, 3.63) is 23.6 Å². The first-order valence-corrected chi connectivity index (χ1v) is 4.15. The predicted molar refractivity (Wildman–Crippen MR) is 49.4 cm³/mol. The Bertz CT molecular complexity index is 304. The van der Waals surface area contributed by atoms with Crippen LogP contribution in [0.3, 0.4) is 0 Å². The van der Waals surface area contributed by atoms with Crippen molar-refractivity contribution in [1.29, 1.82) is 0 Å². The number of halogens is 1. The molecule has 0 amide bonds. The second-order valence-electron chi connectivity index (χ2n) is 3.96. The van der Waals surface area contributed by atoms with E-state index in [0.29, 0.717) is 11.4 Å². The Morgan fingerprint density at radius 1 is 1.38 bits per heavy atom. The molecule has 0 radical (unpaired) electrons. The van der Waals surface area contributed by atoms with Gasteiger partial charge < -0.3 is 4.74 Å². The highest BCUT2D eigenvalue weighted by molar-refractivity contribution is 5.27. The number of nitrogens with zero attached hydrogens (tertiary/aromatic N) is 1. The molecule has 1 rings (SSSR count). The van der Waals surface area contributed by atoms with Gasteiger partial charge in [0.15, 0.2) is 0 Å². The molecule has 0 fully saturated rings. The van der Waals surface area contributed by atoms with Gasteiger partial charge in [-0.25, -0.2) is 9.37 Å². The van der Waals surface area contributed by atoms with E-state index in [1.807, 2.05) is 20.8 Å². The summed E-state index contributed by atoms with van der Waals surface area (Å²) in [6.45, 7) is 5.85. The van der Waals surface area contributed by atoms with Gasteiger partial charge in [-0.15, -0.1) is 0 Å². The summed E-state index contributed by atoms with van der Waals surface area (Å²) in [5.74, 6) is 0.166. The molecule has 0 aromatic carbocycles. The summed E-state index contributed by atoms with van der Waals surface area (Å²) >= 11 is 0. The molecule has 1 heterocycles. The van der Waals surface area contributed by atoms with Gasteiger partial charge >= 0.3 is 0 Å². The van der Waals surface area contributed by atoms with E-state index in [1.54, 1.807) is 6.07 Å². The van der Waals surface area contributed by atoms with E-state index in [-0.39, 0.29) is 11.2 Å². The number of ether oxygens (including phenoxy) is 1. The molecule has 72 valence electrons. The van der Waals surface area contributed by atoms with E-state index in [2.05, 4.69) is 4.98 Å². The van der Waals surface area contributed by atoms with Crippen molar-refractivity contribution in [3.63, 3.8) is 0 Å². The van der Waals surface area contributed by atoms with Crippen LogP contribution in [0.25, 0.3) is 0 Å². The van der Waals surface area contributed by atoms with Gasteiger partial charge in [0, 0.05) is 11.6 Å². The molecule has 0 saturated heterocycles. The van der Waals surface area contributed by atoms with E-state index in [1.165, 1.54) is 13.3 Å². The summed E-state index contributed by atoms with van der Waals surface area (Å²) in [7, 11) is 1.52. The van der Waals surface area contributed by atoms with Crippen LogP contribution in [-0.4, -0.2) is 12.1 Å². The van der Waals surface area contributed by atoms with Crippen LogP contribution in [-0.2, 0) is 5.41 Å². The monoisotopic (exact) mass is 183 g/mol. The normalized spacial score (nSPS) is 11.5. The first-order valence-electron chi connectivity index (χ1n) is 4.15. The summed E-state index contributed by atoms with van der Waals surface area (Å²) in [6.07, 6.45) is 1.19. The van der Waals surface area contributed by atoms with Gasteiger partial charge in [0.1, 0.15) is 5.82 Å². The van der Waals surface area contributed by atoms with Gasteiger partial charge in [0.2, 0.25) is 5.88 Å². The number of aromatic nitrogens is 1. The Kier molecular flexibility index (Phi) is 2.55. The van der Waals surface area contributed by atoms with Gasteiger partial charge in [-0.3, -0.25) is 0 Å². The lowest BCUT2D eigenvalue weighted by molar-refractivity contribution is 0.391. The summed E-state index contributed by atoms with van der Waals surface area (Å²) in [6, 6.07) is 1.63. The Labute approximate surface area is 77.8 Å². The molecule has 0 aliphatic rings. The first kappa shape index (κ1) is 9.96. The van der Waals surface area contributed by atoms with Crippen molar-refractivity contribution in [2.75, 3.05) is 7.11 Å². The van der Waals surface area contributed by atoms with Crippen molar-refractivity contribution < 1.29 is 9.13 Å². The molecule has 0 aliphatic carbocycles. The summed E-state index contributed by atoms with van der Waals surface area (Å²) in [5.41, 5.74) is 0.402. The molecule has 0 atom stereocenters. The minimum absolute atomic E-state index is 0.222. The van der Waals surface area contributed by atoms with Gasteiger partial charge in [0.25, 0.3) is 0 Å². The fourth-order valence-electron chi connectivity index (χ4n) is 1.11. The van der Waals surface area contributed by atoms with Crippen molar-refractivity contribution >= 4 is 0 Å². The Balaban J connectivity index is 3.19. The number of methoxy groups -OCH3 is 1. The molecule has 2 nitrogen and oxygen atoms in total. The highest BCUT2D eigenvalue weighted by atomic mass is 19.1. The highest BCUT2D eigenvalue weighted by Gasteiger charge is 2.19. The van der Waals surface area contributed by atoms with Crippen LogP contribution in [0.2, 0.25) is 0 Å². The molecule has 1 aromatic heterocycles. The molecule has 3 heteroatoms. The molecule has 1 aromatic rings. The van der Waals surface area contributed by atoms with Crippen molar-refractivity contribution in [2.24, 2.45) is 0 Å². The molecule has 13 heavy (non-hydrogen) atoms. The Hall–Kier alpha value is -1.12. The van der Waals surface area contributed by atoms with Crippen molar-refractivity contribution in [1.82, 2.24) is 4.98 Å². The van der Waals surface area contributed by atoms with E-state index >= 15 is 0 Å². The lowest BCUT2D eigenvalue weighted by atomic mass is 9.87.